The maximum absolute atomic E-state index is 8.85. The summed E-state index contributed by atoms with van der Waals surface area (Å²) >= 11 is 0. The lowest BCUT2D eigenvalue weighted by molar-refractivity contribution is 0.0851. The predicted octanol–water partition coefficient (Wildman–Crippen LogP) is 3.20. The topological polar surface area (TPSA) is 36.3 Å². The van der Waals surface area contributed by atoms with Crippen LogP contribution in [0, 0.1) is 11.3 Å². The summed E-state index contributed by atoms with van der Waals surface area (Å²) in [6.45, 7) is 6.24. The molecule has 3 heteroatoms. The highest BCUT2D eigenvalue weighted by molar-refractivity contribution is 5.36. The van der Waals surface area contributed by atoms with Crippen molar-refractivity contribution in [3.05, 3.63) is 29.8 Å². The molecule has 1 aliphatic heterocycles. The first-order chi connectivity index (χ1) is 9.20. The molecule has 0 unspecified atom stereocenters. The van der Waals surface area contributed by atoms with Crippen LogP contribution in [0.2, 0.25) is 0 Å². The first-order valence-corrected chi connectivity index (χ1v) is 7.09. The van der Waals surface area contributed by atoms with Gasteiger partial charge in [0.25, 0.3) is 0 Å². The van der Waals surface area contributed by atoms with Crippen molar-refractivity contribution in [1.82, 2.24) is 4.90 Å². The van der Waals surface area contributed by atoms with E-state index in [9.17, 15) is 0 Å². The Bertz CT molecular complexity index is 442. The number of benzene rings is 1. The van der Waals surface area contributed by atoms with Crippen LogP contribution in [0.3, 0.4) is 0 Å². The van der Waals surface area contributed by atoms with Crippen LogP contribution >= 0.6 is 0 Å². The Labute approximate surface area is 115 Å². The third-order valence-electron chi connectivity index (χ3n) is 3.96. The number of hydrogen-bond acceptors (Lipinski definition) is 3. The van der Waals surface area contributed by atoms with E-state index in [1.54, 1.807) is 12.1 Å². The summed E-state index contributed by atoms with van der Waals surface area (Å²) in [5, 5.41) is 8.85. The third kappa shape index (κ3) is 3.71. The largest absolute Gasteiger partial charge is 0.492 e. The van der Waals surface area contributed by atoms with Crippen molar-refractivity contribution < 1.29 is 4.74 Å². The Kier molecular flexibility index (Phi) is 4.81. The molecule has 2 rings (SSSR count). The average Bonchev–Trinajstić information content (AvgIpc) is 2.42. The molecule has 0 amide bonds. The summed E-state index contributed by atoms with van der Waals surface area (Å²) in [4.78, 5) is 2.53. The van der Waals surface area contributed by atoms with Gasteiger partial charge in [-0.15, -0.1) is 0 Å². The van der Waals surface area contributed by atoms with Gasteiger partial charge < -0.3 is 4.74 Å². The van der Waals surface area contributed by atoms with E-state index in [4.69, 9.17) is 10.00 Å². The number of likely N-dealkylation sites (tertiary alicyclic amines) is 1. The molecule has 1 saturated heterocycles. The SMILES string of the molecule is C[C@@H]1CCC[C@H](C)N1CCOc1cccc(C#N)c1. The van der Waals surface area contributed by atoms with Gasteiger partial charge in [-0.05, 0) is 44.9 Å². The van der Waals surface area contributed by atoms with Crippen molar-refractivity contribution >= 4 is 0 Å². The molecule has 102 valence electrons. The summed E-state index contributed by atoms with van der Waals surface area (Å²) in [7, 11) is 0. The van der Waals surface area contributed by atoms with Crippen LogP contribution in [0.4, 0.5) is 0 Å². The Morgan fingerprint density at radius 3 is 2.74 bits per heavy atom. The molecule has 0 radical (unpaired) electrons. The molecule has 1 aliphatic rings. The Balaban J connectivity index is 1.84. The fourth-order valence-electron chi connectivity index (χ4n) is 2.84. The summed E-state index contributed by atoms with van der Waals surface area (Å²) in [6, 6.07) is 10.8. The average molecular weight is 258 g/mol. The van der Waals surface area contributed by atoms with Gasteiger partial charge in [-0.2, -0.15) is 5.26 Å². The summed E-state index contributed by atoms with van der Waals surface area (Å²) in [6.07, 6.45) is 3.91. The van der Waals surface area contributed by atoms with E-state index in [1.807, 2.05) is 12.1 Å². The predicted molar refractivity (Wildman–Crippen MR) is 76.1 cm³/mol. The number of rotatable bonds is 4. The van der Waals surface area contributed by atoms with Crippen LogP contribution < -0.4 is 4.74 Å². The van der Waals surface area contributed by atoms with Crippen LogP contribution in [0.25, 0.3) is 0 Å². The van der Waals surface area contributed by atoms with Crippen molar-refractivity contribution in [2.45, 2.75) is 45.2 Å². The van der Waals surface area contributed by atoms with Gasteiger partial charge in [-0.25, -0.2) is 0 Å². The number of nitrogens with zero attached hydrogens (tertiary/aromatic N) is 2. The molecule has 1 heterocycles. The van der Waals surface area contributed by atoms with Gasteiger partial charge in [-0.1, -0.05) is 12.5 Å². The quantitative estimate of drug-likeness (QED) is 0.832. The molecule has 0 saturated carbocycles. The highest BCUT2D eigenvalue weighted by Gasteiger charge is 2.23. The second kappa shape index (κ2) is 6.58. The van der Waals surface area contributed by atoms with Crippen molar-refractivity contribution in [3.8, 4) is 11.8 Å². The maximum atomic E-state index is 8.85. The van der Waals surface area contributed by atoms with E-state index in [2.05, 4.69) is 24.8 Å². The van der Waals surface area contributed by atoms with Crippen LogP contribution in [0.15, 0.2) is 24.3 Å². The second-order valence-electron chi connectivity index (χ2n) is 5.35. The Morgan fingerprint density at radius 1 is 1.32 bits per heavy atom. The highest BCUT2D eigenvalue weighted by atomic mass is 16.5. The number of hydrogen-bond donors (Lipinski definition) is 0. The fraction of sp³-hybridized carbons (Fsp3) is 0.562. The van der Waals surface area contributed by atoms with Gasteiger partial charge >= 0.3 is 0 Å². The zero-order chi connectivity index (χ0) is 13.7. The minimum Gasteiger partial charge on any atom is -0.492 e. The smallest absolute Gasteiger partial charge is 0.120 e. The monoisotopic (exact) mass is 258 g/mol. The first-order valence-electron chi connectivity index (χ1n) is 7.09. The van der Waals surface area contributed by atoms with E-state index >= 15 is 0 Å². The normalized spacial score (nSPS) is 23.8. The van der Waals surface area contributed by atoms with Gasteiger partial charge in [-0.3, -0.25) is 4.90 Å². The molecule has 0 spiro atoms. The molecule has 0 aliphatic carbocycles. The lowest BCUT2D eigenvalue weighted by Gasteiger charge is -2.38. The zero-order valence-corrected chi connectivity index (χ0v) is 11.8. The van der Waals surface area contributed by atoms with Crippen molar-refractivity contribution in [1.29, 1.82) is 5.26 Å². The van der Waals surface area contributed by atoms with Gasteiger partial charge in [0.1, 0.15) is 12.4 Å². The molecule has 0 N–H and O–H groups in total. The lowest BCUT2D eigenvalue weighted by Crippen LogP contribution is -2.45. The third-order valence-corrected chi connectivity index (χ3v) is 3.96. The van der Waals surface area contributed by atoms with E-state index < -0.39 is 0 Å². The molecule has 0 bridgehead atoms. The molecule has 0 aromatic heterocycles. The lowest BCUT2D eigenvalue weighted by atomic mass is 9.98. The summed E-state index contributed by atoms with van der Waals surface area (Å²) < 4.78 is 5.76. The molecule has 2 atom stereocenters. The molecule has 1 fully saturated rings. The van der Waals surface area contributed by atoms with E-state index in [1.165, 1.54) is 19.3 Å². The molecule has 19 heavy (non-hydrogen) atoms. The van der Waals surface area contributed by atoms with Gasteiger partial charge in [0.2, 0.25) is 0 Å². The van der Waals surface area contributed by atoms with Crippen LogP contribution in [0.1, 0.15) is 38.7 Å². The van der Waals surface area contributed by atoms with Gasteiger partial charge in [0, 0.05) is 18.6 Å². The Hall–Kier alpha value is -1.53. The minimum absolute atomic E-state index is 0.650. The Morgan fingerprint density at radius 2 is 2.05 bits per heavy atom. The van der Waals surface area contributed by atoms with Crippen LogP contribution in [-0.4, -0.2) is 30.1 Å². The van der Waals surface area contributed by atoms with Gasteiger partial charge in [0.05, 0.1) is 11.6 Å². The molecule has 1 aromatic rings. The maximum Gasteiger partial charge on any atom is 0.120 e. The molecule has 1 aromatic carbocycles. The van der Waals surface area contributed by atoms with E-state index in [0.29, 0.717) is 24.3 Å². The standard InChI is InChI=1S/C16H22N2O/c1-13-5-3-6-14(2)18(13)9-10-19-16-8-4-7-15(11-16)12-17/h4,7-8,11,13-14H,3,5-6,9-10H2,1-2H3/t13-,14+. The zero-order valence-electron chi connectivity index (χ0n) is 11.8. The van der Waals surface area contributed by atoms with Gasteiger partial charge in [0.15, 0.2) is 0 Å². The number of nitriles is 1. The summed E-state index contributed by atoms with van der Waals surface area (Å²) in [5.74, 6) is 0.788. The highest BCUT2D eigenvalue weighted by Crippen LogP contribution is 2.22. The number of ether oxygens (including phenoxy) is 1. The summed E-state index contributed by atoms with van der Waals surface area (Å²) in [5.41, 5.74) is 0.650. The van der Waals surface area contributed by atoms with Crippen molar-refractivity contribution in [3.63, 3.8) is 0 Å². The fourth-order valence-corrected chi connectivity index (χ4v) is 2.84. The van der Waals surface area contributed by atoms with Crippen molar-refractivity contribution in [2.24, 2.45) is 0 Å². The first kappa shape index (κ1) is 13.9. The van der Waals surface area contributed by atoms with Crippen molar-refractivity contribution in [2.75, 3.05) is 13.2 Å². The van der Waals surface area contributed by atoms with E-state index in [0.717, 1.165) is 12.3 Å². The van der Waals surface area contributed by atoms with Crippen LogP contribution in [-0.2, 0) is 0 Å². The molecular formula is C16H22N2O. The molecular weight excluding hydrogens is 236 g/mol. The van der Waals surface area contributed by atoms with Crippen LogP contribution in [0.5, 0.6) is 5.75 Å². The van der Waals surface area contributed by atoms with E-state index in [-0.39, 0.29) is 0 Å². The minimum atomic E-state index is 0.650. The number of piperidine rings is 1. The molecule has 3 nitrogen and oxygen atoms in total. The second-order valence-corrected chi connectivity index (χ2v) is 5.35.